The van der Waals surface area contributed by atoms with Gasteiger partial charge in [-0.25, -0.2) is 8.78 Å². The number of carbonyl (C=O) groups is 1. The van der Waals surface area contributed by atoms with Gasteiger partial charge in [0.15, 0.2) is 5.78 Å². The molecule has 2 rings (SSSR count). The summed E-state index contributed by atoms with van der Waals surface area (Å²) in [6, 6.07) is 7.39. The Morgan fingerprint density at radius 3 is 2.44 bits per heavy atom. The lowest BCUT2D eigenvalue weighted by atomic mass is 10.0. The summed E-state index contributed by atoms with van der Waals surface area (Å²) in [5.41, 5.74) is 6.09. The number of benzene rings is 2. The van der Waals surface area contributed by atoms with Gasteiger partial charge >= 0.3 is 0 Å². The van der Waals surface area contributed by atoms with Crippen LogP contribution in [0.2, 0.25) is 0 Å². The van der Waals surface area contributed by atoms with E-state index in [1.807, 2.05) is 0 Å². The molecule has 0 aliphatic carbocycles. The monoisotopic (exact) mass is 311 g/mol. The van der Waals surface area contributed by atoms with Crippen LogP contribution in [0.5, 0.6) is 0 Å². The van der Waals surface area contributed by atoms with Gasteiger partial charge in [-0.3, -0.25) is 4.79 Å². The molecule has 2 nitrogen and oxygen atoms in total. The lowest BCUT2D eigenvalue weighted by Crippen LogP contribution is -2.05. The Kier molecular flexibility index (Phi) is 3.43. The van der Waals surface area contributed by atoms with Gasteiger partial charge in [-0.15, -0.1) is 0 Å². The summed E-state index contributed by atoms with van der Waals surface area (Å²) < 4.78 is 26.9. The third-order valence-electron chi connectivity index (χ3n) is 2.43. The van der Waals surface area contributed by atoms with E-state index in [2.05, 4.69) is 15.9 Å². The Morgan fingerprint density at radius 1 is 1.11 bits per heavy atom. The van der Waals surface area contributed by atoms with Crippen LogP contribution in [0.15, 0.2) is 40.9 Å². The van der Waals surface area contributed by atoms with Crippen molar-refractivity contribution in [3.05, 3.63) is 63.6 Å². The van der Waals surface area contributed by atoms with E-state index in [-0.39, 0.29) is 11.1 Å². The van der Waals surface area contributed by atoms with Crippen LogP contribution in [0, 0.1) is 11.6 Å². The van der Waals surface area contributed by atoms with E-state index in [0.29, 0.717) is 16.2 Å². The summed E-state index contributed by atoms with van der Waals surface area (Å²) in [6.07, 6.45) is 0. The van der Waals surface area contributed by atoms with Crippen molar-refractivity contribution in [2.45, 2.75) is 0 Å². The molecule has 0 saturated carbocycles. The Balaban J connectivity index is 2.44. The Labute approximate surface area is 111 Å². The zero-order chi connectivity index (χ0) is 13.3. The summed E-state index contributed by atoms with van der Waals surface area (Å²) in [5, 5.41) is 0. The highest BCUT2D eigenvalue weighted by Crippen LogP contribution is 2.22. The van der Waals surface area contributed by atoms with Crippen molar-refractivity contribution in [3.63, 3.8) is 0 Å². The highest BCUT2D eigenvalue weighted by molar-refractivity contribution is 9.10. The summed E-state index contributed by atoms with van der Waals surface area (Å²) in [5.74, 6) is -2.15. The first-order valence-corrected chi connectivity index (χ1v) is 5.83. The standard InChI is InChI=1S/C13H8BrF2NO/c14-10-4-1-7(5-12(10)17)13(18)9-3-2-8(15)6-11(9)16/h1-6H,17H2. The maximum absolute atomic E-state index is 13.5. The van der Waals surface area contributed by atoms with Gasteiger partial charge in [0.25, 0.3) is 0 Å². The lowest BCUT2D eigenvalue weighted by molar-refractivity contribution is 0.103. The Bertz CT molecular complexity index is 628. The minimum Gasteiger partial charge on any atom is -0.398 e. The van der Waals surface area contributed by atoms with Crippen molar-refractivity contribution in [1.82, 2.24) is 0 Å². The molecule has 0 aliphatic rings. The number of hydrogen-bond donors (Lipinski definition) is 1. The fourth-order valence-electron chi connectivity index (χ4n) is 1.51. The molecule has 2 aromatic rings. The second kappa shape index (κ2) is 4.86. The van der Waals surface area contributed by atoms with Crippen LogP contribution in [-0.2, 0) is 0 Å². The van der Waals surface area contributed by atoms with Crippen LogP contribution in [0.1, 0.15) is 15.9 Å². The van der Waals surface area contributed by atoms with Crippen molar-refractivity contribution in [1.29, 1.82) is 0 Å². The molecule has 2 N–H and O–H groups in total. The van der Waals surface area contributed by atoms with E-state index in [9.17, 15) is 13.6 Å². The molecule has 92 valence electrons. The first-order chi connectivity index (χ1) is 8.49. The molecule has 0 radical (unpaired) electrons. The lowest BCUT2D eigenvalue weighted by Gasteiger charge is -2.05. The van der Waals surface area contributed by atoms with Gasteiger partial charge in [-0.05, 0) is 46.3 Å². The molecule has 0 aromatic heterocycles. The van der Waals surface area contributed by atoms with Gasteiger partial charge < -0.3 is 5.73 Å². The normalized spacial score (nSPS) is 10.4. The third-order valence-corrected chi connectivity index (χ3v) is 3.16. The van der Waals surface area contributed by atoms with Crippen molar-refractivity contribution in [2.75, 3.05) is 5.73 Å². The van der Waals surface area contributed by atoms with E-state index in [0.717, 1.165) is 12.1 Å². The maximum Gasteiger partial charge on any atom is 0.196 e. The van der Waals surface area contributed by atoms with Crippen LogP contribution in [0.25, 0.3) is 0 Å². The summed E-state index contributed by atoms with van der Waals surface area (Å²) in [4.78, 5) is 12.0. The van der Waals surface area contributed by atoms with Gasteiger partial charge in [0.2, 0.25) is 0 Å². The number of ketones is 1. The Hall–Kier alpha value is -1.75. The topological polar surface area (TPSA) is 43.1 Å². The zero-order valence-electron chi connectivity index (χ0n) is 9.08. The van der Waals surface area contributed by atoms with Gasteiger partial charge in [0.1, 0.15) is 11.6 Å². The molecule has 0 aliphatic heterocycles. The second-order valence-electron chi connectivity index (χ2n) is 3.69. The molecular weight excluding hydrogens is 304 g/mol. The second-order valence-corrected chi connectivity index (χ2v) is 4.54. The number of hydrogen-bond acceptors (Lipinski definition) is 2. The quantitative estimate of drug-likeness (QED) is 0.681. The van der Waals surface area contributed by atoms with Crippen LogP contribution in [-0.4, -0.2) is 5.78 Å². The average molecular weight is 312 g/mol. The number of halogens is 3. The van der Waals surface area contributed by atoms with Crippen molar-refractivity contribution in [2.24, 2.45) is 0 Å². The fourth-order valence-corrected chi connectivity index (χ4v) is 1.76. The summed E-state index contributed by atoms with van der Waals surface area (Å²) >= 11 is 3.20. The molecule has 18 heavy (non-hydrogen) atoms. The van der Waals surface area contributed by atoms with Gasteiger partial charge in [0.05, 0.1) is 5.56 Å². The first kappa shape index (κ1) is 12.7. The molecule has 5 heteroatoms. The van der Waals surface area contributed by atoms with Crippen molar-refractivity contribution >= 4 is 27.4 Å². The smallest absolute Gasteiger partial charge is 0.196 e. The van der Waals surface area contributed by atoms with Gasteiger partial charge in [-0.1, -0.05) is 0 Å². The van der Waals surface area contributed by atoms with E-state index < -0.39 is 17.4 Å². The molecule has 0 fully saturated rings. The molecule has 0 bridgehead atoms. The molecule has 0 amide bonds. The van der Waals surface area contributed by atoms with Crippen molar-refractivity contribution in [3.8, 4) is 0 Å². The predicted molar refractivity (Wildman–Crippen MR) is 68.3 cm³/mol. The predicted octanol–water partition coefficient (Wildman–Crippen LogP) is 3.54. The molecule has 0 heterocycles. The number of rotatable bonds is 2. The van der Waals surface area contributed by atoms with E-state index in [1.54, 1.807) is 6.07 Å². The van der Waals surface area contributed by atoms with E-state index >= 15 is 0 Å². The van der Waals surface area contributed by atoms with Crippen LogP contribution in [0.4, 0.5) is 14.5 Å². The van der Waals surface area contributed by atoms with Crippen LogP contribution < -0.4 is 5.73 Å². The first-order valence-electron chi connectivity index (χ1n) is 5.04. The number of anilines is 1. The number of nitrogen functional groups attached to an aromatic ring is 1. The summed E-state index contributed by atoms with van der Waals surface area (Å²) in [6.45, 7) is 0. The number of nitrogens with two attached hydrogens (primary N) is 1. The molecule has 0 atom stereocenters. The van der Waals surface area contributed by atoms with Gasteiger partial charge in [-0.2, -0.15) is 0 Å². The minimum atomic E-state index is -0.888. The number of carbonyl (C=O) groups excluding carboxylic acids is 1. The molecule has 2 aromatic carbocycles. The minimum absolute atomic E-state index is 0.182. The molecule has 0 saturated heterocycles. The molecule has 0 unspecified atom stereocenters. The fraction of sp³-hybridized carbons (Fsp3) is 0. The highest BCUT2D eigenvalue weighted by atomic mass is 79.9. The zero-order valence-corrected chi connectivity index (χ0v) is 10.7. The van der Waals surface area contributed by atoms with Gasteiger partial charge in [0, 0.05) is 21.8 Å². The highest BCUT2D eigenvalue weighted by Gasteiger charge is 2.15. The molecule has 0 spiro atoms. The summed E-state index contributed by atoms with van der Waals surface area (Å²) in [7, 11) is 0. The third kappa shape index (κ3) is 2.41. The Morgan fingerprint density at radius 2 is 1.83 bits per heavy atom. The average Bonchev–Trinajstić information content (AvgIpc) is 2.32. The molecular formula is C13H8BrF2NO. The SMILES string of the molecule is Nc1cc(C(=O)c2ccc(F)cc2F)ccc1Br. The largest absolute Gasteiger partial charge is 0.398 e. The van der Waals surface area contributed by atoms with E-state index in [4.69, 9.17) is 5.73 Å². The van der Waals surface area contributed by atoms with Crippen LogP contribution >= 0.6 is 15.9 Å². The van der Waals surface area contributed by atoms with Crippen molar-refractivity contribution < 1.29 is 13.6 Å². The van der Waals surface area contributed by atoms with E-state index in [1.165, 1.54) is 12.1 Å². The maximum atomic E-state index is 13.5. The van der Waals surface area contributed by atoms with Crippen LogP contribution in [0.3, 0.4) is 0 Å².